The molecule has 0 saturated heterocycles. The molecular formula is C19H16Cl2N4O2S. The van der Waals surface area contributed by atoms with E-state index in [9.17, 15) is 4.79 Å². The molecule has 1 aromatic heterocycles. The second-order valence-corrected chi connectivity index (χ2v) is 7.57. The van der Waals surface area contributed by atoms with E-state index in [1.54, 1.807) is 31.2 Å². The van der Waals surface area contributed by atoms with Gasteiger partial charge in [0.2, 0.25) is 0 Å². The van der Waals surface area contributed by atoms with E-state index in [1.807, 2.05) is 18.2 Å². The van der Waals surface area contributed by atoms with Crippen LogP contribution in [0.2, 0.25) is 10.0 Å². The Morgan fingerprint density at radius 2 is 2.00 bits per heavy atom. The van der Waals surface area contributed by atoms with E-state index in [1.165, 1.54) is 6.21 Å². The second kappa shape index (κ2) is 9.05. The number of thiazole rings is 1. The lowest BCUT2D eigenvalue weighted by atomic mass is 10.2. The predicted molar refractivity (Wildman–Crippen MR) is 114 cm³/mol. The normalized spacial score (nSPS) is 11.0. The van der Waals surface area contributed by atoms with Crippen LogP contribution >= 0.6 is 34.5 Å². The molecule has 0 fully saturated rings. The summed E-state index contributed by atoms with van der Waals surface area (Å²) in [6, 6.07) is 12.6. The first kappa shape index (κ1) is 20.1. The molecule has 28 heavy (non-hydrogen) atoms. The third-order valence-corrected chi connectivity index (χ3v) is 5.40. The molecule has 3 N–H and O–H groups in total. The van der Waals surface area contributed by atoms with E-state index in [-0.39, 0.29) is 12.5 Å². The van der Waals surface area contributed by atoms with Crippen LogP contribution in [-0.2, 0) is 6.61 Å². The maximum absolute atomic E-state index is 12.1. The van der Waals surface area contributed by atoms with Gasteiger partial charge in [0, 0.05) is 15.6 Å². The number of nitrogens with two attached hydrogens (primary N) is 1. The lowest BCUT2D eigenvalue weighted by Gasteiger charge is -2.09. The van der Waals surface area contributed by atoms with E-state index in [2.05, 4.69) is 15.5 Å². The monoisotopic (exact) mass is 434 g/mol. The Balaban J connectivity index is 1.62. The van der Waals surface area contributed by atoms with Crippen LogP contribution in [0.4, 0.5) is 5.13 Å². The van der Waals surface area contributed by atoms with Crippen molar-refractivity contribution in [3.05, 3.63) is 74.2 Å². The number of aryl methyl sites for hydroxylation is 1. The van der Waals surface area contributed by atoms with Crippen molar-refractivity contribution in [2.24, 2.45) is 5.10 Å². The van der Waals surface area contributed by atoms with Crippen LogP contribution in [0.15, 0.2) is 47.6 Å². The third-order valence-electron chi connectivity index (χ3n) is 3.70. The van der Waals surface area contributed by atoms with E-state index in [4.69, 9.17) is 33.7 Å². The topological polar surface area (TPSA) is 89.6 Å². The summed E-state index contributed by atoms with van der Waals surface area (Å²) >= 11 is 13.4. The quantitative estimate of drug-likeness (QED) is 0.435. The molecule has 0 aliphatic carbocycles. The van der Waals surface area contributed by atoms with Gasteiger partial charge in [-0.3, -0.25) is 4.79 Å². The molecule has 1 heterocycles. The van der Waals surface area contributed by atoms with Crippen molar-refractivity contribution < 1.29 is 9.53 Å². The Morgan fingerprint density at radius 1 is 1.29 bits per heavy atom. The molecule has 0 radical (unpaired) electrons. The first-order valence-electron chi connectivity index (χ1n) is 8.16. The van der Waals surface area contributed by atoms with Crippen LogP contribution in [0.1, 0.15) is 26.5 Å². The molecule has 144 valence electrons. The van der Waals surface area contributed by atoms with Gasteiger partial charge in [0.15, 0.2) is 5.13 Å². The number of benzene rings is 2. The van der Waals surface area contributed by atoms with Gasteiger partial charge in [-0.15, -0.1) is 0 Å². The summed E-state index contributed by atoms with van der Waals surface area (Å²) in [7, 11) is 0. The van der Waals surface area contributed by atoms with Crippen molar-refractivity contribution >= 4 is 51.8 Å². The molecule has 0 unspecified atom stereocenters. The highest BCUT2D eigenvalue weighted by atomic mass is 35.5. The molecule has 0 aliphatic heterocycles. The van der Waals surface area contributed by atoms with Gasteiger partial charge in [0.05, 0.1) is 11.9 Å². The number of ether oxygens (including phenoxy) is 1. The van der Waals surface area contributed by atoms with Crippen LogP contribution in [-0.4, -0.2) is 17.1 Å². The Labute approximate surface area is 176 Å². The van der Waals surface area contributed by atoms with Gasteiger partial charge in [-0.05, 0) is 36.8 Å². The van der Waals surface area contributed by atoms with Crippen molar-refractivity contribution in [1.82, 2.24) is 10.4 Å². The van der Waals surface area contributed by atoms with Crippen molar-refractivity contribution in [2.45, 2.75) is 13.5 Å². The Morgan fingerprint density at radius 3 is 2.68 bits per heavy atom. The number of rotatable bonds is 6. The van der Waals surface area contributed by atoms with E-state index >= 15 is 0 Å². The number of hydrazone groups is 1. The fourth-order valence-electron chi connectivity index (χ4n) is 2.35. The SMILES string of the molecule is Cc1nc(N)sc1C(=O)NN=Cc1cccc(OCc2c(Cl)cccc2Cl)c1. The predicted octanol–water partition coefficient (Wildman–Crippen LogP) is 4.68. The van der Waals surface area contributed by atoms with Gasteiger partial charge in [-0.25, -0.2) is 10.4 Å². The number of carbonyl (C=O) groups is 1. The molecule has 1 amide bonds. The molecule has 0 bridgehead atoms. The number of hydrogen-bond donors (Lipinski definition) is 2. The molecule has 0 atom stereocenters. The van der Waals surface area contributed by atoms with Gasteiger partial charge in [0.1, 0.15) is 17.2 Å². The molecule has 3 rings (SSSR count). The molecule has 9 heteroatoms. The number of nitrogens with zero attached hydrogens (tertiary/aromatic N) is 2. The first-order valence-corrected chi connectivity index (χ1v) is 9.73. The third kappa shape index (κ3) is 5.01. The van der Waals surface area contributed by atoms with Crippen molar-refractivity contribution in [1.29, 1.82) is 0 Å². The molecular weight excluding hydrogens is 419 g/mol. The van der Waals surface area contributed by atoms with Crippen LogP contribution in [0.25, 0.3) is 0 Å². The minimum atomic E-state index is -0.358. The van der Waals surface area contributed by atoms with Crippen LogP contribution in [0, 0.1) is 6.92 Å². The highest BCUT2D eigenvalue weighted by molar-refractivity contribution is 7.17. The smallest absolute Gasteiger partial charge is 0.283 e. The van der Waals surface area contributed by atoms with Crippen molar-refractivity contribution in [2.75, 3.05) is 5.73 Å². The number of carbonyl (C=O) groups excluding carboxylic acids is 1. The number of amides is 1. The largest absolute Gasteiger partial charge is 0.489 e. The lowest BCUT2D eigenvalue weighted by Crippen LogP contribution is -2.17. The van der Waals surface area contributed by atoms with Gasteiger partial charge in [-0.1, -0.05) is 52.7 Å². The zero-order valence-electron chi connectivity index (χ0n) is 14.8. The summed E-state index contributed by atoms with van der Waals surface area (Å²) in [4.78, 5) is 16.5. The average Bonchev–Trinajstić information content (AvgIpc) is 3.00. The Kier molecular flexibility index (Phi) is 6.51. The van der Waals surface area contributed by atoms with Gasteiger partial charge < -0.3 is 10.5 Å². The summed E-state index contributed by atoms with van der Waals surface area (Å²) < 4.78 is 5.77. The van der Waals surface area contributed by atoms with Crippen molar-refractivity contribution in [3.8, 4) is 5.75 Å². The van der Waals surface area contributed by atoms with Crippen LogP contribution in [0.3, 0.4) is 0 Å². The van der Waals surface area contributed by atoms with Gasteiger partial charge in [0.25, 0.3) is 5.91 Å². The maximum atomic E-state index is 12.1. The molecule has 6 nitrogen and oxygen atoms in total. The highest BCUT2D eigenvalue weighted by Crippen LogP contribution is 2.26. The summed E-state index contributed by atoms with van der Waals surface area (Å²) in [6.45, 7) is 1.96. The molecule has 0 spiro atoms. The average molecular weight is 435 g/mol. The Bertz CT molecular complexity index is 1020. The van der Waals surface area contributed by atoms with E-state index < -0.39 is 0 Å². The van der Waals surface area contributed by atoms with Gasteiger partial charge >= 0.3 is 0 Å². The number of aromatic nitrogens is 1. The van der Waals surface area contributed by atoms with Crippen molar-refractivity contribution in [3.63, 3.8) is 0 Å². The van der Waals surface area contributed by atoms with Crippen LogP contribution in [0.5, 0.6) is 5.75 Å². The standard InChI is InChI=1S/C19H16Cl2N4O2S/c1-11-17(28-19(22)24-11)18(26)25-23-9-12-4-2-5-13(8-12)27-10-14-15(20)6-3-7-16(14)21/h2-9H,10H2,1H3,(H2,22,24)(H,25,26). The molecule has 0 aliphatic rings. The fourth-order valence-corrected chi connectivity index (χ4v) is 3.58. The first-order chi connectivity index (χ1) is 13.4. The van der Waals surface area contributed by atoms with E-state index in [0.717, 1.165) is 22.5 Å². The zero-order valence-corrected chi connectivity index (χ0v) is 17.1. The zero-order chi connectivity index (χ0) is 20.1. The number of halogens is 2. The maximum Gasteiger partial charge on any atom is 0.283 e. The number of nitrogen functional groups attached to an aromatic ring is 1. The highest BCUT2D eigenvalue weighted by Gasteiger charge is 2.13. The number of anilines is 1. The number of nitrogens with one attached hydrogen (secondary N) is 1. The minimum absolute atomic E-state index is 0.238. The minimum Gasteiger partial charge on any atom is -0.489 e. The fraction of sp³-hybridized carbons (Fsp3) is 0.105. The second-order valence-electron chi connectivity index (χ2n) is 5.73. The Hall–Kier alpha value is -2.61. The molecule has 0 saturated carbocycles. The van der Waals surface area contributed by atoms with E-state index in [0.29, 0.717) is 31.5 Å². The molecule has 2 aromatic carbocycles. The number of hydrogen-bond acceptors (Lipinski definition) is 6. The lowest BCUT2D eigenvalue weighted by molar-refractivity contribution is 0.0958. The summed E-state index contributed by atoms with van der Waals surface area (Å²) in [6.07, 6.45) is 1.52. The summed E-state index contributed by atoms with van der Waals surface area (Å²) in [5.74, 6) is 0.265. The summed E-state index contributed by atoms with van der Waals surface area (Å²) in [5, 5.41) is 5.41. The summed E-state index contributed by atoms with van der Waals surface area (Å²) in [5.41, 5.74) is 10.1. The molecule has 3 aromatic rings. The van der Waals surface area contributed by atoms with Gasteiger partial charge in [-0.2, -0.15) is 5.10 Å². The van der Waals surface area contributed by atoms with Crippen LogP contribution < -0.4 is 15.9 Å².